The lowest BCUT2D eigenvalue weighted by Crippen LogP contribution is -2.35. The highest BCUT2D eigenvalue weighted by molar-refractivity contribution is 5.88. The molecule has 1 aromatic heterocycles. The molecule has 1 aromatic rings. The van der Waals surface area contributed by atoms with E-state index in [-0.39, 0.29) is 24.6 Å². The van der Waals surface area contributed by atoms with Crippen molar-refractivity contribution in [3.05, 3.63) is 23.7 Å². The van der Waals surface area contributed by atoms with Crippen LogP contribution < -0.4 is 10.6 Å². The van der Waals surface area contributed by atoms with Crippen LogP contribution in [0.25, 0.3) is 0 Å². The number of methoxy groups -OCH3 is 1. The van der Waals surface area contributed by atoms with E-state index in [9.17, 15) is 9.59 Å². The van der Waals surface area contributed by atoms with Gasteiger partial charge in [0.15, 0.2) is 0 Å². The summed E-state index contributed by atoms with van der Waals surface area (Å²) in [6.45, 7) is 1.17. The molecule has 0 aromatic carbocycles. The number of carboxylic acids is 1. The normalized spacial score (nSPS) is 10.3. The van der Waals surface area contributed by atoms with Crippen LogP contribution in [0.15, 0.2) is 16.7 Å². The highest BCUT2D eigenvalue weighted by Gasteiger charge is 2.12. The topological polar surface area (TPSA) is 101 Å². The molecule has 0 bridgehead atoms. The highest BCUT2D eigenvalue weighted by atomic mass is 16.5. The minimum atomic E-state index is -1.05. The molecule has 1 amide bonds. The number of nitrogens with one attached hydrogen (secondary N) is 2. The first kappa shape index (κ1) is 14.2. The zero-order chi connectivity index (χ0) is 13.4. The van der Waals surface area contributed by atoms with Crippen LogP contribution in [0.5, 0.6) is 0 Å². The van der Waals surface area contributed by atoms with Gasteiger partial charge in [0.2, 0.25) is 5.91 Å². The van der Waals surface area contributed by atoms with E-state index in [1.165, 1.54) is 12.3 Å². The molecule has 0 aliphatic carbocycles. The largest absolute Gasteiger partial charge is 0.478 e. The van der Waals surface area contributed by atoms with E-state index in [1.54, 1.807) is 7.11 Å². The fourth-order valence-corrected chi connectivity index (χ4v) is 1.31. The van der Waals surface area contributed by atoms with Crippen molar-refractivity contribution in [1.82, 2.24) is 10.6 Å². The molecule has 7 heteroatoms. The average molecular weight is 256 g/mol. The number of hydrogen-bond donors (Lipinski definition) is 3. The van der Waals surface area contributed by atoms with Gasteiger partial charge in [-0.1, -0.05) is 0 Å². The Labute approximate surface area is 104 Å². The first-order valence-electron chi connectivity index (χ1n) is 5.41. The number of rotatable bonds is 8. The van der Waals surface area contributed by atoms with Gasteiger partial charge in [0.25, 0.3) is 0 Å². The molecule has 0 atom stereocenters. The molecule has 0 spiro atoms. The number of ether oxygens (including phenoxy) is 1. The van der Waals surface area contributed by atoms with Gasteiger partial charge >= 0.3 is 5.97 Å². The van der Waals surface area contributed by atoms with Crippen LogP contribution in [-0.4, -0.2) is 43.8 Å². The highest BCUT2D eigenvalue weighted by Crippen LogP contribution is 2.09. The number of aromatic carboxylic acids is 1. The van der Waals surface area contributed by atoms with E-state index in [4.69, 9.17) is 14.3 Å². The maximum Gasteiger partial charge on any atom is 0.339 e. The molecule has 0 unspecified atom stereocenters. The molecule has 0 aliphatic heterocycles. The van der Waals surface area contributed by atoms with Crippen molar-refractivity contribution in [2.45, 2.75) is 6.54 Å². The van der Waals surface area contributed by atoms with Gasteiger partial charge in [-0.2, -0.15) is 0 Å². The van der Waals surface area contributed by atoms with Gasteiger partial charge in [0.1, 0.15) is 11.3 Å². The molecule has 100 valence electrons. The number of hydrogen-bond acceptors (Lipinski definition) is 5. The van der Waals surface area contributed by atoms with Gasteiger partial charge in [-0.15, -0.1) is 0 Å². The average Bonchev–Trinajstić information content (AvgIpc) is 2.78. The van der Waals surface area contributed by atoms with Crippen LogP contribution in [0.1, 0.15) is 16.1 Å². The lowest BCUT2D eigenvalue weighted by atomic mass is 10.2. The second-order valence-electron chi connectivity index (χ2n) is 3.51. The van der Waals surface area contributed by atoms with Gasteiger partial charge in [-0.25, -0.2) is 4.79 Å². The van der Waals surface area contributed by atoms with E-state index < -0.39 is 5.97 Å². The maximum absolute atomic E-state index is 11.3. The molecule has 0 saturated carbocycles. The van der Waals surface area contributed by atoms with E-state index in [2.05, 4.69) is 10.6 Å². The van der Waals surface area contributed by atoms with Crippen LogP contribution in [0.2, 0.25) is 0 Å². The zero-order valence-electron chi connectivity index (χ0n) is 10.1. The van der Waals surface area contributed by atoms with Gasteiger partial charge in [-0.3, -0.25) is 4.79 Å². The molecule has 7 nitrogen and oxygen atoms in total. The van der Waals surface area contributed by atoms with Crippen molar-refractivity contribution in [2.24, 2.45) is 0 Å². The van der Waals surface area contributed by atoms with Crippen LogP contribution in [-0.2, 0) is 16.1 Å². The Balaban J connectivity index is 2.27. The maximum atomic E-state index is 11.3. The van der Waals surface area contributed by atoms with Crippen LogP contribution in [0, 0.1) is 0 Å². The molecule has 3 N–H and O–H groups in total. The quantitative estimate of drug-likeness (QED) is 0.558. The Morgan fingerprint density at radius 2 is 2.28 bits per heavy atom. The van der Waals surface area contributed by atoms with E-state index in [0.717, 1.165) is 0 Å². The Morgan fingerprint density at radius 1 is 1.50 bits per heavy atom. The SMILES string of the molecule is COCCNC(=O)CNCc1occc1C(=O)O. The van der Waals surface area contributed by atoms with Crippen molar-refractivity contribution in [3.8, 4) is 0 Å². The van der Waals surface area contributed by atoms with E-state index in [0.29, 0.717) is 18.9 Å². The molecule has 0 fully saturated rings. The molecular weight excluding hydrogens is 240 g/mol. The summed E-state index contributed by atoms with van der Waals surface area (Å²) in [6.07, 6.45) is 1.30. The Morgan fingerprint density at radius 3 is 2.94 bits per heavy atom. The summed E-state index contributed by atoms with van der Waals surface area (Å²) in [5.41, 5.74) is 0.0993. The summed E-state index contributed by atoms with van der Waals surface area (Å²) >= 11 is 0. The fourth-order valence-electron chi connectivity index (χ4n) is 1.31. The summed E-state index contributed by atoms with van der Waals surface area (Å²) in [4.78, 5) is 22.1. The summed E-state index contributed by atoms with van der Waals surface area (Å²) in [7, 11) is 1.55. The Kier molecular flexibility index (Phi) is 5.89. The summed E-state index contributed by atoms with van der Waals surface area (Å²) in [5.74, 6) is -0.937. The van der Waals surface area contributed by atoms with Crippen molar-refractivity contribution >= 4 is 11.9 Å². The third kappa shape index (κ3) is 4.56. The van der Waals surface area contributed by atoms with Crippen LogP contribution in [0.3, 0.4) is 0 Å². The minimum absolute atomic E-state index is 0.0868. The molecule has 0 radical (unpaired) electrons. The first-order valence-corrected chi connectivity index (χ1v) is 5.41. The third-order valence-corrected chi connectivity index (χ3v) is 2.18. The van der Waals surface area contributed by atoms with Crippen molar-refractivity contribution < 1.29 is 23.8 Å². The summed E-state index contributed by atoms with van der Waals surface area (Å²) < 4.78 is 9.79. The first-order chi connectivity index (χ1) is 8.65. The lowest BCUT2D eigenvalue weighted by molar-refractivity contribution is -0.120. The monoisotopic (exact) mass is 256 g/mol. The molecule has 18 heavy (non-hydrogen) atoms. The van der Waals surface area contributed by atoms with Crippen molar-refractivity contribution in [1.29, 1.82) is 0 Å². The van der Waals surface area contributed by atoms with E-state index >= 15 is 0 Å². The number of carbonyl (C=O) groups is 2. The van der Waals surface area contributed by atoms with Crippen molar-refractivity contribution in [3.63, 3.8) is 0 Å². The van der Waals surface area contributed by atoms with Gasteiger partial charge in [0, 0.05) is 13.7 Å². The van der Waals surface area contributed by atoms with E-state index in [1.807, 2.05) is 0 Å². The zero-order valence-corrected chi connectivity index (χ0v) is 10.1. The number of amides is 1. The summed E-state index contributed by atoms with van der Waals surface area (Å²) in [6, 6.07) is 1.37. The number of carboxylic acid groups (broad SMARTS) is 1. The summed E-state index contributed by atoms with van der Waals surface area (Å²) in [5, 5.41) is 14.3. The van der Waals surface area contributed by atoms with Crippen LogP contribution >= 0.6 is 0 Å². The van der Waals surface area contributed by atoms with Gasteiger partial charge in [-0.05, 0) is 6.07 Å². The minimum Gasteiger partial charge on any atom is -0.478 e. The molecule has 0 aliphatic rings. The Bertz CT molecular complexity index is 402. The molecule has 0 saturated heterocycles. The van der Waals surface area contributed by atoms with Gasteiger partial charge < -0.3 is 24.9 Å². The Hall–Kier alpha value is -1.86. The second-order valence-corrected chi connectivity index (χ2v) is 3.51. The predicted octanol–water partition coefficient (Wildman–Crippen LogP) is -0.170. The molecular formula is C11H16N2O5. The smallest absolute Gasteiger partial charge is 0.339 e. The van der Waals surface area contributed by atoms with Crippen molar-refractivity contribution in [2.75, 3.05) is 26.8 Å². The number of carbonyl (C=O) groups excluding carboxylic acids is 1. The second kappa shape index (κ2) is 7.46. The lowest BCUT2D eigenvalue weighted by Gasteiger charge is -2.05. The molecule has 1 rings (SSSR count). The third-order valence-electron chi connectivity index (χ3n) is 2.18. The number of furan rings is 1. The predicted molar refractivity (Wildman–Crippen MR) is 62.3 cm³/mol. The molecule has 1 heterocycles. The fraction of sp³-hybridized carbons (Fsp3) is 0.455. The van der Waals surface area contributed by atoms with Crippen LogP contribution in [0.4, 0.5) is 0 Å². The standard InChI is InChI=1S/C11H16N2O5/c1-17-5-3-13-10(14)7-12-6-9-8(11(15)16)2-4-18-9/h2,4,12H,3,5-7H2,1H3,(H,13,14)(H,15,16). The van der Waals surface area contributed by atoms with Gasteiger partial charge in [0.05, 0.1) is 26.0 Å².